The SMILES string of the molecule is COCCNC(=O)[C@@H]1CCCN(C(=O)c2cccc(NC(=O)c3ccccc3)c2)C1. The van der Waals surface area contributed by atoms with Crippen LogP contribution in [0.5, 0.6) is 0 Å². The number of nitrogens with zero attached hydrogens (tertiary/aromatic N) is 1. The van der Waals surface area contributed by atoms with E-state index in [1.54, 1.807) is 60.5 Å². The Morgan fingerprint density at radius 3 is 2.60 bits per heavy atom. The standard InChI is InChI=1S/C23H27N3O4/c1-30-14-12-24-21(27)19-10-6-13-26(16-19)23(29)18-9-5-11-20(15-18)25-22(28)17-7-3-2-4-8-17/h2-5,7-9,11,15,19H,6,10,12-14,16H2,1H3,(H,24,27)(H,25,28)/t19-/m1/s1. The van der Waals surface area contributed by atoms with Gasteiger partial charge >= 0.3 is 0 Å². The summed E-state index contributed by atoms with van der Waals surface area (Å²) in [7, 11) is 1.59. The highest BCUT2D eigenvalue weighted by atomic mass is 16.5. The summed E-state index contributed by atoms with van der Waals surface area (Å²) in [6, 6.07) is 15.8. The lowest BCUT2D eigenvalue weighted by atomic mass is 9.96. The van der Waals surface area contributed by atoms with Crippen LogP contribution in [0.15, 0.2) is 54.6 Å². The van der Waals surface area contributed by atoms with Crippen molar-refractivity contribution < 1.29 is 19.1 Å². The van der Waals surface area contributed by atoms with Gasteiger partial charge in [-0.2, -0.15) is 0 Å². The second-order valence-electron chi connectivity index (χ2n) is 7.28. The van der Waals surface area contributed by atoms with Gasteiger partial charge in [0, 0.05) is 43.6 Å². The van der Waals surface area contributed by atoms with E-state index < -0.39 is 0 Å². The summed E-state index contributed by atoms with van der Waals surface area (Å²) >= 11 is 0. The summed E-state index contributed by atoms with van der Waals surface area (Å²) < 4.78 is 4.95. The van der Waals surface area contributed by atoms with Crippen LogP contribution < -0.4 is 10.6 Å². The van der Waals surface area contributed by atoms with E-state index in [0.29, 0.717) is 43.1 Å². The molecule has 0 bridgehead atoms. The van der Waals surface area contributed by atoms with Gasteiger partial charge in [0.05, 0.1) is 12.5 Å². The van der Waals surface area contributed by atoms with Crippen LogP contribution in [0.4, 0.5) is 5.69 Å². The normalized spacial score (nSPS) is 16.0. The predicted octanol–water partition coefficient (Wildman–Crippen LogP) is 2.55. The third-order valence-electron chi connectivity index (χ3n) is 5.09. The number of hydrogen-bond acceptors (Lipinski definition) is 4. The monoisotopic (exact) mass is 409 g/mol. The zero-order valence-corrected chi connectivity index (χ0v) is 17.1. The molecule has 1 atom stereocenters. The highest BCUT2D eigenvalue weighted by Crippen LogP contribution is 2.20. The second kappa shape index (κ2) is 10.5. The van der Waals surface area contributed by atoms with Gasteiger partial charge < -0.3 is 20.3 Å². The van der Waals surface area contributed by atoms with Crippen molar-refractivity contribution in [3.05, 3.63) is 65.7 Å². The van der Waals surface area contributed by atoms with Crippen LogP contribution >= 0.6 is 0 Å². The molecule has 0 aromatic heterocycles. The molecule has 2 N–H and O–H groups in total. The molecule has 1 aliphatic rings. The van der Waals surface area contributed by atoms with Gasteiger partial charge in [0.2, 0.25) is 5.91 Å². The molecule has 0 saturated carbocycles. The van der Waals surface area contributed by atoms with E-state index in [2.05, 4.69) is 10.6 Å². The molecule has 0 unspecified atom stereocenters. The van der Waals surface area contributed by atoms with Crippen molar-refractivity contribution in [1.29, 1.82) is 0 Å². The molecule has 2 aromatic rings. The molecule has 1 saturated heterocycles. The van der Waals surface area contributed by atoms with Crippen LogP contribution in [-0.4, -0.2) is 56.0 Å². The summed E-state index contributed by atoms with van der Waals surface area (Å²) in [6.07, 6.45) is 1.54. The lowest BCUT2D eigenvalue weighted by Crippen LogP contribution is -2.45. The van der Waals surface area contributed by atoms with Gasteiger partial charge in [-0.25, -0.2) is 0 Å². The van der Waals surface area contributed by atoms with Gasteiger partial charge in [0.25, 0.3) is 11.8 Å². The summed E-state index contributed by atoms with van der Waals surface area (Å²) in [4.78, 5) is 39.4. The molecule has 2 aromatic carbocycles. The largest absolute Gasteiger partial charge is 0.383 e. The summed E-state index contributed by atoms with van der Waals surface area (Å²) in [5.74, 6) is -0.639. The average molecular weight is 409 g/mol. The van der Waals surface area contributed by atoms with E-state index in [1.165, 1.54) is 0 Å². The number of carbonyl (C=O) groups excluding carboxylic acids is 3. The molecule has 3 amide bonds. The Hall–Kier alpha value is -3.19. The topological polar surface area (TPSA) is 87.7 Å². The summed E-state index contributed by atoms with van der Waals surface area (Å²) in [5, 5.41) is 5.68. The van der Waals surface area contributed by atoms with E-state index in [-0.39, 0.29) is 23.6 Å². The molecule has 0 spiro atoms. The second-order valence-corrected chi connectivity index (χ2v) is 7.28. The smallest absolute Gasteiger partial charge is 0.255 e. The molecule has 7 heteroatoms. The van der Waals surface area contributed by atoms with Gasteiger partial charge in [-0.1, -0.05) is 24.3 Å². The van der Waals surface area contributed by atoms with E-state index in [0.717, 1.165) is 12.8 Å². The van der Waals surface area contributed by atoms with Gasteiger partial charge in [-0.3, -0.25) is 14.4 Å². The van der Waals surface area contributed by atoms with Gasteiger partial charge in [0.1, 0.15) is 0 Å². The number of carbonyl (C=O) groups is 3. The zero-order chi connectivity index (χ0) is 21.3. The third kappa shape index (κ3) is 5.67. The predicted molar refractivity (Wildman–Crippen MR) is 114 cm³/mol. The van der Waals surface area contributed by atoms with Crippen molar-refractivity contribution in [2.24, 2.45) is 5.92 Å². The first-order valence-corrected chi connectivity index (χ1v) is 10.1. The molecule has 7 nitrogen and oxygen atoms in total. The summed E-state index contributed by atoms with van der Waals surface area (Å²) in [6.45, 7) is 1.92. The molecule has 0 aliphatic carbocycles. The van der Waals surface area contributed by atoms with Crippen LogP contribution in [0.1, 0.15) is 33.6 Å². The molecule has 1 aliphatic heterocycles. The number of rotatable bonds is 7. The molecule has 30 heavy (non-hydrogen) atoms. The van der Waals surface area contributed by atoms with Gasteiger partial charge in [0.15, 0.2) is 0 Å². The molecule has 3 rings (SSSR count). The van der Waals surface area contributed by atoms with Crippen LogP contribution in [-0.2, 0) is 9.53 Å². The maximum absolute atomic E-state index is 13.0. The lowest BCUT2D eigenvalue weighted by molar-refractivity contribution is -0.126. The van der Waals surface area contributed by atoms with Crippen molar-refractivity contribution in [2.75, 3.05) is 38.7 Å². The Morgan fingerprint density at radius 1 is 1.07 bits per heavy atom. The van der Waals surface area contributed by atoms with Gasteiger partial charge in [-0.05, 0) is 43.2 Å². The van der Waals surface area contributed by atoms with E-state index in [9.17, 15) is 14.4 Å². The van der Waals surface area contributed by atoms with E-state index in [1.807, 2.05) is 6.07 Å². The number of hydrogen-bond donors (Lipinski definition) is 2. The lowest BCUT2D eigenvalue weighted by Gasteiger charge is -2.32. The minimum atomic E-state index is -0.231. The molecule has 1 heterocycles. The fraction of sp³-hybridized carbons (Fsp3) is 0.348. The number of likely N-dealkylation sites (tertiary alicyclic amines) is 1. The third-order valence-corrected chi connectivity index (χ3v) is 5.09. The quantitative estimate of drug-likeness (QED) is 0.688. The fourth-order valence-electron chi connectivity index (χ4n) is 3.50. The van der Waals surface area contributed by atoms with Crippen LogP contribution in [0, 0.1) is 5.92 Å². The first-order chi connectivity index (χ1) is 14.6. The Labute approximate surface area is 176 Å². The number of benzene rings is 2. The number of amides is 3. The average Bonchev–Trinajstić information content (AvgIpc) is 2.79. The van der Waals surface area contributed by atoms with E-state index >= 15 is 0 Å². The van der Waals surface area contributed by atoms with Crippen molar-refractivity contribution in [2.45, 2.75) is 12.8 Å². The molecule has 0 radical (unpaired) electrons. The van der Waals surface area contributed by atoms with E-state index in [4.69, 9.17) is 4.74 Å². The Bertz CT molecular complexity index is 885. The Kier molecular flexibility index (Phi) is 7.57. The number of anilines is 1. The van der Waals surface area contributed by atoms with Crippen LogP contribution in [0.25, 0.3) is 0 Å². The maximum Gasteiger partial charge on any atom is 0.255 e. The highest BCUT2D eigenvalue weighted by molar-refractivity contribution is 6.05. The number of ether oxygens (including phenoxy) is 1. The van der Waals surface area contributed by atoms with Crippen molar-refractivity contribution >= 4 is 23.4 Å². The van der Waals surface area contributed by atoms with Crippen molar-refractivity contribution in [3.63, 3.8) is 0 Å². The first-order valence-electron chi connectivity index (χ1n) is 10.1. The fourth-order valence-corrected chi connectivity index (χ4v) is 3.50. The van der Waals surface area contributed by atoms with Crippen molar-refractivity contribution in [3.8, 4) is 0 Å². The minimum absolute atomic E-state index is 0.0478. The minimum Gasteiger partial charge on any atom is -0.383 e. The Balaban J connectivity index is 1.63. The number of piperidine rings is 1. The van der Waals surface area contributed by atoms with Gasteiger partial charge in [-0.15, -0.1) is 0 Å². The number of nitrogens with one attached hydrogen (secondary N) is 2. The maximum atomic E-state index is 13.0. The van der Waals surface area contributed by atoms with Crippen molar-refractivity contribution in [1.82, 2.24) is 10.2 Å². The Morgan fingerprint density at radius 2 is 1.83 bits per heavy atom. The molecule has 1 fully saturated rings. The zero-order valence-electron chi connectivity index (χ0n) is 17.1. The number of methoxy groups -OCH3 is 1. The van der Waals surface area contributed by atoms with Crippen LogP contribution in [0.3, 0.4) is 0 Å². The molecular formula is C23H27N3O4. The molecular weight excluding hydrogens is 382 g/mol. The highest BCUT2D eigenvalue weighted by Gasteiger charge is 2.28. The summed E-state index contributed by atoms with van der Waals surface area (Å²) in [5.41, 5.74) is 1.59. The first kappa shape index (κ1) is 21.5. The molecule has 158 valence electrons. The van der Waals surface area contributed by atoms with Crippen LogP contribution in [0.2, 0.25) is 0 Å².